The van der Waals surface area contributed by atoms with Crippen LogP contribution in [0, 0.1) is 11.3 Å². The van der Waals surface area contributed by atoms with E-state index in [0.717, 1.165) is 5.92 Å². The van der Waals surface area contributed by atoms with Gasteiger partial charge in [-0.3, -0.25) is 0 Å². The Balaban J connectivity index is 0.00000121. The lowest BCUT2D eigenvalue weighted by Gasteiger charge is -2.30. The summed E-state index contributed by atoms with van der Waals surface area (Å²) >= 11 is 0. The molecular formula is C16H34N+. The van der Waals surface area contributed by atoms with E-state index in [2.05, 4.69) is 52.5 Å². The van der Waals surface area contributed by atoms with Gasteiger partial charge in [0.25, 0.3) is 0 Å². The molecule has 0 N–H and O–H groups in total. The molecule has 1 aliphatic rings. The first kappa shape index (κ1) is 16.7. The van der Waals surface area contributed by atoms with Crippen LogP contribution in [0.3, 0.4) is 0 Å². The van der Waals surface area contributed by atoms with Crippen molar-refractivity contribution in [1.29, 1.82) is 0 Å². The Morgan fingerprint density at radius 1 is 1.18 bits per heavy atom. The van der Waals surface area contributed by atoms with Crippen molar-refractivity contribution in [2.75, 3.05) is 7.05 Å². The fourth-order valence-corrected chi connectivity index (χ4v) is 3.32. The minimum atomic E-state index is 0.343. The summed E-state index contributed by atoms with van der Waals surface area (Å²) < 4.78 is 2.42. The van der Waals surface area contributed by atoms with E-state index in [0.29, 0.717) is 11.0 Å². The maximum atomic E-state index is 2.48. The predicted molar refractivity (Wildman–Crippen MR) is 79.1 cm³/mol. The van der Waals surface area contributed by atoms with Crippen LogP contribution in [0.4, 0.5) is 0 Å². The fraction of sp³-hybridized carbons (Fsp3) is 0.938. The fourth-order valence-electron chi connectivity index (χ4n) is 3.32. The Morgan fingerprint density at radius 3 is 2.00 bits per heavy atom. The summed E-state index contributed by atoms with van der Waals surface area (Å²) in [6.45, 7) is 15.8. The molecule has 0 saturated heterocycles. The predicted octanol–water partition coefficient (Wildman–Crippen LogP) is 4.74. The van der Waals surface area contributed by atoms with Crippen LogP contribution >= 0.6 is 0 Å². The molecule has 1 nitrogen and oxygen atoms in total. The zero-order valence-corrected chi connectivity index (χ0v) is 13.4. The van der Waals surface area contributed by atoms with E-state index >= 15 is 0 Å². The highest BCUT2D eigenvalue weighted by Gasteiger charge is 2.48. The molecule has 0 bridgehead atoms. The van der Waals surface area contributed by atoms with Crippen molar-refractivity contribution in [3.8, 4) is 0 Å². The number of rotatable bonds is 4. The van der Waals surface area contributed by atoms with Crippen LogP contribution in [0.5, 0.6) is 0 Å². The van der Waals surface area contributed by atoms with Crippen molar-refractivity contribution in [3.63, 3.8) is 0 Å². The van der Waals surface area contributed by atoms with Crippen molar-refractivity contribution in [2.24, 2.45) is 11.3 Å². The maximum Gasteiger partial charge on any atom is 0.157 e. The quantitative estimate of drug-likeness (QED) is 0.624. The molecule has 2 unspecified atom stereocenters. The molecule has 0 fully saturated rings. The van der Waals surface area contributed by atoms with Gasteiger partial charge < -0.3 is 0 Å². The highest BCUT2D eigenvalue weighted by Crippen LogP contribution is 2.43. The lowest BCUT2D eigenvalue weighted by Crippen LogP contribution is -2.32. The van der Waals surface area contributed by atoms with E-state index in [9.17, 15) is 0 Å². The van der Waals surface area contributed by atoms with Crippen LogP contribution in [0.2, 0.25) is 0 Å². The van der Waals surface area contributed by atoms with Crippen molar-refractivity contribution >= 4 is 6.21 Å². The molecule has 1 rings (SSSR count). The van der Waals surface area contributed by atoms with Crippen LogP contribution in [-0.4, -0.2) is 23.4 Å². The highest BCUT2D eigenvalue weighted by molar-refractivity contribution is 5.63. The molecule has 0 spiro atoms. The Hall–Kier alpha value is -0.330. The minimum absolute atomic E-state index is 0.343. The smallest absolute Gasteiger partial charge is 0.157 e. The molecule has 1 heterocycles. The Labute approximate surface area is 109 Å². The van der Waals surface area contributed by atoms with Crippen molar-refractivity contribution in [1.82, 2.24) is 0 Å². The summed E-state index contributed by atoms with van der Waals surface area (Å²) in [6, 6.07) is 0. The van der Waals surface area contributed by atoms with Crippen LogP contribution in [0.15, 0.2) is 0 Å². The van der Waals surface area contributed by atoms with Gasteiger partial charge in [0.05, 0.1) is 5.41 Å². The molecule has 2 atom stereocenters. The number of nitrogens with zero attached hydrogens (tertiary/aromatic N) is 1. The third kappa shape index (κ3) is 3.82. The van der Waals surface area contributed by atoms with Crippen LogP contribution in [0.25, 0.3) is 0 Å². The lowest BCUT2D eigenvalue weighted by molar-refractivity contribution is -0.562. The largest absolute Gasteiger partial charge is 0.237 e. The minimum Gasteiger partial charge on any atom is -0.237 e. The molecular weight excluding hydrogens is 206 g/mol. The van der Waals surface area contributed by atoms with Crippen molar-refractivity contribution in [3.05, 3.63) is 0 Å². The maximum absolute atomic E-state index is 2.48. The first-order valence-corrected chi connectivity index (χ1v) is 7.44. The molecule has 1 heteroatoms. The second-order valence-electron chi connectivity index (χ2n) is 6.13. The van der Waals surface area contributed by atoms with Crippen LogP contribution in [-0.2, 0) is 0 Å². The SMILES string of the molecule is CC.CCCC(CC)C1(C)C=[N+](C)C(C)(C)C1. The van der Waals surface area contributed by atoms with Gasteiger partial charge in [0.15, 0.2) is 5.54 Å². The molecule has 0 saturated carbocycles. The molecule has 0 amide bonds. The average Bonchev–Trinajstić information content (AvgIpc) is 2.48. The van der Waals surface area contributed by atoms with Gasteiger partial charge in [-0.25, -0.2) is 4.58 Å². The van der Waals surface area contributed by atoms with Gasteiger partial charge >= 0.3 is 0 Å². The molecule has 17 heavy (non-hydrogen) atoms. The third-order valence-corrected chi connectivity index (χ3v) is 4.32. The number of hydrogen-bond acceptors (Lipinski definition) is 0. The Bertz CT molecular complexity index is 252. The summed E-state index contributed by atoms with van der Waals surface area (Å²) in [6.07, 6.45) is 7.77. The van der Waals surface area contributed by atoms with E-state index in [-0.39, 0.29) is 0 Å². The van der Waals surface area contributed by atoms with E-state index in [1.807, 2.05) is 13.8 Å². The van der Waals surface area contributed by atoms with Gasteiger partial charge in [-0.2, -0.15) is 0 Å². The second kappa shape index (κ2) is 6.56. The zero-order chi connectivity index (χ0) is 13.7. The second-order valence-corrected chi connectivity index (χ2v) is 6.13. The summed E-state index contributed by atoms with van der Waals surface area (Å²) in [4.78, 5) is 0. The van der Waals surface area contributed by atoms with Gasteiger partial charge in [0.1, 0.15) is 13.3 Å². The standard InChI is InChI=1S/C14H28N.C2H6/c1-7-9-12(8-2)14(5)10-13(3,4)15(6)11-14;1-2/h11-12H,7-10H2,1-6H3;1-2H3/q+1;. The van der Waals surface area contributed by atoms with E-state index in [4.69, 9.17) is 0 Å². The topological polar surface area (TPSA) is 3.01 Å². The molecule has 0 radical (unpaired) electrons. The normalized spacial score (nSPS) is 28.1. The van der Waals surface area contributed by atoms with Gasteiger partial charge in [-0.1, -0.05) is 40.5 Å². The first-order chi connectivity index (χ1) is 7.85. The Kier molecular flexibility index (Phi) is 6.43. The summed E-state index contributed by atoms with van der Waals surface area (Å²) in [5.74, 6) is 0.853. The van der Waals surface area contributed by atoms with Crippen molar-refractivity contribution in [2.45, 2.75) is 79.7 Å². The lowest BCUT2D eigenvalue weighted by atomic mass is 9.70. The molecule has 0 aromatic heterocycles. The molecule has 0 aromatic carbocycles. The third-order valence-electron chi connectivity index (χ3n) is 4.32. The number of hydrogen-bond donors (Lipinski definition) is 0. The zero-order valence-electron chi connectivity index (χ0n) is 13.4. The molecule has 1 aliphatic heterocycles. The molecule has 0 aliphatic carbocycles. The molecule has 0 aromatic rings. The molecule has 102 valence electrons. The van der Waals surface area contributed by atoms with Gasteiger partial charge in [-0.15, -0.1) is 0 Å². The van der Waals surface area contributed by atoms with Gasteiger partial charge in [-0.05, 0) is 33.1 Å². The van der Waals surface area contributed by atoms with E-state index < -0.39 is 0 Å². The van der Waals surface area contributed by atoms with Crippen LogP contribution in [0.1, 0.15) is 74.1 Å². The summed E-state index contributed by atoms with van der Waals surface area (Å²) in [7, 11) is 2.23. The van der Waals surface area contributed by atoms with Gasteiger partial charge in [0, 0.05) is 6.42 Å². The van der Waals surface area contributed by atoms with E-state index in [1.54, 1.807) is 0 Å². The van der Waals surface area contributed by atoms with Crippen molar-refractivity contribution < 1.29 is 4.58 Å². The van der Waals surface area contributed by atoms with E-state index in [1.165, 1.54) is 25.7 Å². The first-order valence-electron chi connectivity index (χ1n) is 7.44. The van der Waals surface area contributed by atoms with Gasteiger partial charge in [0.2, 0.25) is 0 Å². The monoisotopic (exact) mass is 240 g/mol. The summed E-state index contributed by atoms with van der Waals surface area (Å²) in [5.41, 5.74) is 0.763. The highest BCUT2D eigenvalue weighted by atomic mass is 15.1. The average molecular weight is 240 g/mol. The van der Waals surface area contributed by atoms with Crippen LogP contribution < -0.4 is 0 Å². The summed E-state index contributed by atoms with van der Waals surface area (Å²) in [5, 5.41) is 0. The Morgan fingerprint density at radius 2 is 1.71 bits per heavy atom.